The number of Topliss-reactive ketones (excluding diaryl/α,β-unsaturated/α-hetero) is 1. The number of likely N-dealkylation sites (tertiary alicyclic amines) is 1. The second-order valence-electron chi connectivity index (χ2n) is 8.88. The summed E-state index contributed by atoms with van der Waals surface area (Å²) in [5.41, 5.74) is 0. The van der Waals surface area contributed by atoms with Crippen LogP contribution in [0.3, 0.4) is 0 Å². The van der Waals surface area contributed by atoms with Gasteiger partial charge in [0, 0.05) is 19.6 Å². The van der Waals surface area contributed by atoms with Gasteiger partial charge in [-0.2, -0.15) is 0 Å². The molecule has 3 aliphatic heterocycles. The van der Waals surface area contributed by atoms with E-state index in [0.717, 1.165) is 32.4 Å². The molecule has 0 bridgehead atoms. The molecule has 3 rings (SSSR count). The molecule has 0 radical (unpaired) electrons. The topological polar surface area (TPSA) is 100 Å². The van der Waals surface area contributed by atoms with Gasteiger partial charge in [-0.05, 0) is 44.7 Å². The molecule has 9 heteroatoms. The van der Waals surface area contributed by atoms with Crippen LogP contribution in [0.2, 0.25) is 0 Å². The zero-order valence-electron chi connectivity index (χ0n) is 18.2. The summed E-state index contributed by atoms with van der Waals surface area (Å²) in [6, 6.07) is -1.59. The van der Waals surface area contributed by atoms with Gasteiger partial charge >= 0.3 is 6.03 Å². The van der Waals surface area contributed by atoms with Crippen molar-refractivity contribution < 1.29 is 23.9 Å². The van der Waals surface area contributed by atoms with E-state index in [1.54, 1.807) is 4.90 Å². The number of urea groups is 1. The van der Waals surface area contributed by atoms with Gasteiger partial charge < -0.3 is 29.9 Å². The van der Waals surface area contributed by atoms with Gasteiger partial charge in [-0.25, -0.2) is 4.79 Å². The van der Waals surface area contributed by atoms with E-state index in [-0.39, 0.29) is 30.4 Å². The Labute approximate surface area is 178 Å². The summed E-state index contributed by atoms with van der Waals surface area (Å²) in [6.45, 7) is 8.87. The Kier molecular flexibility index (Phi) is 8.47. The molecule has 3 amide bonds. The largest absolute Gasteiger partial charge is 0.378 e. The van der Waals surface area contributed by atoms with Crippen molar-refractivity contribution in [3.8, 4) is 0 Å². The second-order valence-corrected chi connectivity index (χ2v) is 8.88. The maximum absolute atomic E-state index is 13.1. The van der Waals surface area contributed by atoms with Crippen LogP contribution in [0, 0.1) is 5.92 Å². The van der Waals surface area contributed by atoms with E-state index in [1.807, 2.05) is 0 Å². The van der Waals surface area contributed by atoms with Gasteiger partial charge in [-0.3, -0.25) is 9.59 Å². The average Bonchev–Trinajstić information content (AvgIpc) is 3.37. The van der Waals surface area contributed by atoms with E-state index < -0.39 is 12.1 Å². The van der Waals surface area contributed by atoms with Crippen LogP contribution in [0.4, 0.5) is 4.79 Å². The van der Waals surface area contributed by atoms with E-state index in [0.29, 0.717) is 45.2 Å². The number of carbonyl (C=O) groups excluding carboxylic acids is 3. The fourth-order valence-electron chi connectivity index (χ4n) is 4.16. The van der Waals surface area contributed by atoms with Crippen LogP contribution in [0.5, 0.6) is 0 Å². The van der Waals surface area contributed by atoms with E-state index in [4.69, 9.17) is 9.47 Å². The van der Waals surface area contributed by atoms with Crippen molar-refractivity contribution >= 4 is 17.7 Å². The number of nitrogens with zero attached hydrogens (tertiary/aromatic N) is 2. The first-order chi connectivity index (χ1) is 14.4. The quantitative estimate of drug-likeness (QED) is 0.584. The number of carbonyl (C=O) groups is 3. The normalized spacial score (nSPS) is 26.2. The third-order valence-electron chi connectivity index (χ3n) is 6.04. The van der Waals surface area contributed by atoms with E-state index in [2.05, 4.69) is 29.4 Å². The minimum Gasteiger partial charge on any atom is -0.378 e. The first-order valence-corrected chi connectivity index (χ1v) is 11.2. The molecule has 3 saturated heterocycles. The first-order valence-electron chi connectivity index (χ1n) is 11.2. The van der Waals surface area contributed by atoms with E-state index in [1.165, 1.54) is 0 Å². The molecule has 0 aromatic carbocycles. The maximum atomic E-state index is 13.1. The minimum absolute atomic E-state index is 0.0280. The molecular weight excluding hydrogens is 388 g/mol. The molecule has 0 aromatic rings. The molecule has 3 aliphatic rings. The van der Waals surface area contributed by atoms with E-state index in [9.17, 15) is 14.4 Å². The molecule has 170 valence electrons. The second kappa shape index (κ2) is 11.1. The molecule has 0 spiro atoms. The van der Waals surface area contributed by atoms with Crippen molar-refractivity contribution in [2.75, 3.05) is 52.5 Å². The van der Waals surface area contributed by atoms with Crippen LogP contribution in [0.25, 0.3) is 0 Å². The summed E-state index contributed by atoms with van der Waals surface area (Å²) in [5, 5.41) is 5.76. The van der Waals surface area contributed by atoms with Gasteiger partial charge in [-0.15, -0.1) is 0 Å². The lowest BCUT2D eigenvalue weighted by Gasteiger charge is -2.30. The third-order valence-corrected chi connectivity index (χ3v) is 6.04. The number of nitrogens with one attached hydrogen (secondary N) is 2. The van der Waals surface area contributed by atoms with Crippen LogP contribution in [0.1, 0.15) is 39.5 Å². The van der Waals surface area contributed by atoms with Crippen molar-refractivity contribution in [1.29, 1.82) is 0 Å². The van der Waals surface area contributed by atoms with Crippen LogP contribution in [0.15, 0.2) is 0 Å². The van der Waals surface area contributed by atoms with Crippen LogP contribution in [-0.4, -0.2) is 98.3 Å². The Hall–Kier alpha value is -1.71. The lowest BCUT2D eigenvalue weighted by molar-refractivity contribution is -0.127. The summed E-state index contributed by atoms with van der Waals surface area (Å²) < 4.78 is 11.0. The molecule has 3 unspecified atom stereocenters. The van der Waals surface area contributed by atoms with Gasteiger partial charge in [0.2, 0.25) is 5.91 Å². The molecule has 0 aliphatic carbocycles. The van der Waals surface area contributed by atoms with Crippen molar-refractivity contribution in [2.45, 2.75) is 57.7 Å². The monoisotopic (exact) mass is 424 g/mol. The summed E-state index contributed by atoms with van der Waals surface area (Å²) in [7, 11) is 0. The molecule has 3 atom stereocenters. The molecule has 0 aromatic heterocycles. The molecule has 9 nitrogen and oxygen atoms in total. The minimum atomic E-state index is -0.677. The van der Waals surface area contributed by atoms with Gasteiger partial charge in [-0.1, -0.05) is 13.8 Å². The number of amides is 3. The Morgan fingerprint density at radius 3 is 2.47 bits per heavy atom. The molecule has 2 N–H and O–H groups in total. The van der Waals surface area contributed by atoms with Crippen LogP contribution in [-0.2, 0) is 19.1 Å². The Morgan fingerprint density at radius 1 is 1.10 bits per heavy atom. The number of hydrogen-bond acceptors (Lipinski definition) is 6. The first kappa shape index (κ1) is 23.0. The fraction of sp³-hybridized carbons (Fsp3) is 0.857. The number of rotatable bonds is 8. The van der Waals surface area contributed by atoms with Gasteiger partial charge in [0.1, 0.15) is 18.7 Å². The summed E-state index contributed by atoms with van der Waals surface area (Å²) >= 11 is 0. The standard InChI is InChI=1S/C21H36N4O5/c1-15(2)5-6-16(22-21(28)25-9-11-29-12-10-25)20(27)23-19-17(26)14-30-18(19)13-24-7-3-4-8-24/h15-16,18-19H,3-14H2,1-2H3,(H,22,28)(H,23,27). The fourth-order valence-corrected chi connectivity index (χ4v) is 4.16. The summed E-state index contributed by atoms with van der Waals surface area (Å²) in [5.74, 6) is -0.0119. The van der Waals surface area contributed by atoms with Crippen molar-refractivity contribution in [1.82, 2.24) is 20.4 Å². The zero-order chi connectivity index (χ0) is 21.5. The molecular formula is C21H36N4O5. The molecule has 3 heterocycles. The van der Waals surface area contributed by atoms with Gasteiger partial charge in [0.25, 0.3) is 0 Å². The predicted octanol–water partition coefficient (Wildman–Crippen LogP) is 0.382. The number of hydrogen-bond donors (Lipinski definition) is 2. The van der Waals surface area contributed by atoms with Crippen molar-refractivity contribution in [2.24, 2.45) is 5.92 Å². The highest BCUT2D eigenvalue weighted by atomic mass is 16.5. The highest BCUT2D eigenvalue weighted by Gasteiger charge is 2.39. The molecule has 3 fully saturated rings. The smallest absolute Gasteiger partial charge is 0.318 e. The van der Waals surface area contributed by atoms with Crippen LogP contribution >= 0.6 is 0 Å². The number of morpholine rings is 1. The third kappa shape index (κ3) is 6.39. The van der Waals surface area contributed by atoms with Gasteiger partial charge in [0.05, 0.1) is 19.3 Å². The van der Waals surface area contributed by atoms with Crippen molar-refractivity contribution in [3.63, 3.8) is 0 Å². The highest BCUT2D eigenvalue weighted by molar-refractivity contribution is 5.94. The van der Waals surface area contributed by atoms with Gasteiger partial charge in [0.15, 0.2) is 5.78 Å². The molecule has 0 saturated carbocycles. The highest BCUT2D eigenvalue weighted by Crippen LogP contribution is 2.17. The Balaban J connectivity index is 1.60. The summed E-state index contributed by atoms with van der Waals surface area (Å²) in [6.07, 6.45) is 3.30. The van der Waals surface area contributed by atoms with E-state index >= 15 is 0 Å². The Bertz CT molecular complexity index is 602. The van der Waals surface area contributed by atoms with Crippen molar-refractivity contribution in [3.05, 3.63) is 0 Å². The zero-order valence-corrected chi connectivity index (χ0v) is 18.2. The SMILES string of the molecule is CC(C)CCC(NC(=O)N1CCOCC1)C(=O)NC1C(=O)COC1CN1CCCC1. The van der Waals surface area contributed by atoms with Crippen LogP contribution < -0.4 is 10.6 Å². The summed E-state index contributed by atoms with van der Waals surface area (Å²) in [4.78, 5) is 42.0. The number of ketones is 1. The lowest BCUT2D eigenvalue weighted by atomic mass is 10.0. The predicted molar refractivity (Wildman–Crippen MR) is 111 cm³/mol. The Morgan fingerprint density at radius 2 is 1.80 bits per heavy atom. The lowest BCUT2D eigenvalue weighted by Crippen LogP contribution is -2.57. The molecule has 30 heavy (non-hydrogen) atoms. The number of ether oxygens (including phenoxy) is 2. The maximum Gasteiger partial charge on any atom is 0.318 e. The average molecular weight is 425 g/mol.